The van der Waals surface area contributed by atoms with Crippen molar-refractivity contribution in [3.8, 4) is 0 Å². The van der Waals surface area contributed by atoms with Gasteiger partial charge in [0.1, 0.15) is 0 Å². The third-order valence-electron chi connectivity index (χ3n) is 2.54. The van der Waals surface area contributed by atoms with Crippen molar-refractivity contribution in [3.05, 3.63) is 0 Å². The summed E-state index contributed by atoms with van der Waals surface area (Å²) in [6.45, 7) is 9.62. The monoisotopic (exact) mass is 187 g/mol. The highest BCUT2D eigenvalue weighted by Gasteiger charge is 2.27. The molecular weight excluding hydrogens is 166 g/mol. The van der Waals surface area contributed by atoms with Gasteiger partial charge in [-0.1, -0.05) is 0 Å². The largest absolute Gasteiger partial charge is 0.396 e. The van der Waals surface area contributed by atoms with Gasteiger partial charge in [0.25, 0.3) is 0 Å². The van der Waals surface area contributed by atoms with Crippen LogP contribution in [-0.2, 0) is 4.74 Å². The summed E-state index contributed by atoms with van der Waals surface area (Å²) in [4.78, 5) is 2.41. The molecule has 1 aliphatic heterocycles. The smallest absolute Gasteiger partial charge is 0.0724 e. The van der Waals surface area contributed by atoms with Crippen LogP contribution in [0, 0.1) is 0 Å². The topological polar surface area (TPSA) is 32.7 Å². The van der Waals surface area contributed by atoms with Gasteiger partial charge in [-0.05, 0) is 27.2 Å². The maximum Gasteiger partial charge on any atom is 0.0724 e. The van der Waals surface area contributed by atoms with Gasteiger partial charge in [-0.15, -0.1) is 0 Å². The molecule has 3 nitrogen and oxygen atoms in total. The summed E-state index contributed by atoms with van der Waals surface area (Å²) in [5.41, 5.74) is 0.220. The van der Waals surface area contributed by atoms with E-state index in [2.05, 4.69) is 25.7 Å². The van der Waals surface area contributed by atoms with Gasteiger partial charge in [0.05, 0.1) is 12.7 Å². The maximum atomic E-state index is 8.81. The van der Waals surface area contributed by atoms with E-state index in [1.165, 1.54) is 0 Å². The molecule has 1 saturated heterocycles. The first kappa shape index (κ1) is 11.0. The van der Waals surface area contributed by atoms with E-state index in [9.17, 15) is 0 Å². The minimum Gasteiger partial charge on any atom is -0.396 e. The van der Waals surface area contributed by atoms with E-state index in [0.717, 1.165) is 26.1 Å². The van der Waals surface area contributed by atoms with Crippen LogP contribution >= 0.6 is 0 Å². The van der Waals surface area contributed by atoms with Crippen LogP contribution in [0.2, 0.25) is 0 Å². The molecule has 78 valence electrons. The molecule has 0 saturated carbocycles. The molecule has 0 aliphatic carbocycles. The molecule has 1 aliphatic rings. The summed E-state index contributed by atoms with van der Waals surface area (Å²) in [7, 11) is 0. The van der Waals surface area contributed by atoms with Crippen molar-refractivity contribution in [2.45, 2.75) is 38.8 Å². The van der Waals surface area contributed by atoms with Crippen LogP contribution in [0.4, 0.5) is 0 Å². The molecular formula is C10H21NO2. The molecule has 1 atom stereocenters. The molecule has 0 aromatic rings. The summed E-state index contributed by atoms with van der Waals surface area (Å²) in [5.74, 6) is 0. The SMILES string of the molecule is CC(C)(C)N1CCO[C@H](CCO)C1. The van der Waals surface area contributed by atoms with Gasteiger partial charge in [-0.2, -0.15) is 0 Å². The number of aliphatic hydroxyl groups is 1. The quantitative estimate of drug-likeness (QED) is 0.696. The highest BCUT2D eigenvalue weighted by Crippen LogP contribution is 2.18. The second kappa shape index (κ2) is 4.40. The fourth-order valence-corrected chi connectivity index (χ4v) is 1.65. The van der Waals surface area contributed by atoms with E-state index in [0.29, 0.717) is 0 Å². The number of rotatable bonds is 2. The lowest BCUT2D eigenvalue weighted by atomic mass is 10.0. The predicted octanol–water partition coefficient (Wildman–Crippen LogP) is 0.868. The number of hydrogen-bond acceptors (Lipinski definition) is 3. The second-order valence-corrected chi connectivity index (χ2v) is 4.62. The Kier molecular flexibility index (Phi) is 3.71. The van der Waals surface area contributed by atoms with Crippen LogP contribution in [0.25, 0.3) is 0 Å². The molecule has 0 amide bonds. The number of nitrogens with zero attached hydrogens (tertiary/aromatic N) is 1. The maximum absolute atomic E-state index is 8.81. The molecule has 1 rings (SSSR count). The van der Waals surface area contributed by atoms with E-state index in [1.807, 2.05) is 0 Å². The van der Waals surface area contributed by atoms with Crippen molar-refractivity contribution in [2.24, 2.45) is 0 Å². The van der Waals surface area contributed by atoms with Crippen LogP contribution in [0.5, 0.6) is 0 Å². The first-order valence-corrected chi connectivity index (χ1v) is 5.01. The Balaban J connectivity index is 2.42. The van der Waals surface area contributed by atoms with Gasteiger partial charge in [-0.3, -0.25) is 4.90 Å². The predicted molar refractivity (Wildman–Crippen MR) is 52.8 cm³/mol. The molecule has 3 heteroatoms. The van der Waals surface area contributed by atoms with Crippen LogP contribution < -0.4 is 0 Å². The molecule has 0 radical (unpaired) electrons. The number of aliphatic hydroxyl groups excluding tert-OH is 1. The lowest BCUT2D eigenvalue weighted by Gasteiger charge is -2.41. The molecule has 0 unspecified atom stereocenters. The van der Waals surface area contributed by atoms with Crippen molar-refractivity contribution >= 4 is 0 Å². The first-order chi connectivity index (χ1) is 6.04. The number of morpholine rings is 1. The molecule has 1 N–H and O–H groups in total. The Labute approximate surface area is 80.7 Å². The molecule has 13 heavy (non-hydrogen) atoms. The van der Waals surface area contributed by atoms with Crippen molar-refractivity contribution in [2.75, 3.05) is 26.3 Å². The van der Waals surface area contributed by atoms with E-state index in [-0.39, 0.29) is 18.2 Å². The standard InChI is InChI=1S/C10H21NO2/c1-10(2,3)11-5-7-13-9(8-11)4-6-12/h9,12H,4-8H2,1-3H3/t9-/m1/s1. The van der Waals surface area contributed by atoms with E-state index < -0.39 is 0 Å². The van der Waals surface area contributed by atoms with Gasteiger partial charge < -0.3 is 9.84 Å². The summed E-state index contributed by atoms with van der Waals surface area (Å²) < 4.78 is 5.54. The molecule has 0 aromatic carbocycles. The van der Waals surface area contributed by atoms with Gasteiger partial charge >= 0.3 is 0 Å². The zero-order valence-corrected chi connectivity index (χ0v) is 8.92. The zero-order valence-electron chi connectivity index (χ0n) is 8.92. The zero-order chi connectivity index (χ0) is 9.90. The normalized spacial score (nSPS) is 26.3. The van der Waals surface area contributed by atoms with Crippen LogP contribution in [-0.4, -0.2) is 48.0 Å². The number of hydrogen-bond donors (Lipinski definition) is 1. The summed E-state index contributed by atoms with van der Waals surface area (Å²) in [5, 5.41) is 8.81. The third kappa shape index (κ3) is 3.25. The van der Waals surface area contributed by atoms with Crippen molar-refractivity contribution in [1.29, 1.82) is 0 Å². The third-order valence-corrected chi connectivity index (χ3v) is 2.54. The molecule has 0 spiro atoms. The molecule has 0 aromatic heterocycles. The Morgan fingerprint density at radius 3 is 2.69 bits per heavy atom. The van der Waals surface area contributed by atoms with Crippen molar-refractivity contribution in [3.63, 3.8) is 0 Å². The van der Waals surface area contributed by atoms with E-state index in [4.69, 9.17) is 9.84 Å². The van der Waals surface area contributed by atoms with Crippen molar-refractivity contribution < 1.29 is 9.84 Å². The van der Waals surface area contributed by atoms with Crippen LogP contribution in [0.1, 0.15) is 27.2 Å². The minimum absolute atomic E-state index is 0.220. The van der Waals surface area contributed by atoms with E-state index in [1.54, 1.807) is 0 Å². The fraction of sp³-hybridized carbons (Fsp3) is 1.00. The average Bonchev–Trinajstić information content (AvgIpc) is 2.04. The average molecular weight is 187 g/mol. The lowest BCUT2D eigenvalue weighted by Crippen LogP contribution is -2.51. The summed E-state index contributed by atoms with van der Waals surface area (Å²) in [6, 6.07) is 0. The second-order valence-electron chi connectivity index (χ2n) is 4.62. The van der Waals surface area contributed by atoms with E-state index >= 15 is 0 Å². The van der Waals surface area contributed by atoms with Gasteiger partial charge in [-0.25, -0.2) is 0 Å². The molecule has 0 bridgehead atoms. The molecule has 1 heterocycles. The van der Waals surface area contributed by atoms with Crippen LogP contribution in [0.15, 0.2) is 0 Å². The van der Waals surface area contributed by atoms with Gasteiger partial charge in [0.2, 0.25) is 0 Å². The Morgan fingerprint density at radius 2 is 2.15 bits per heavy atom. The first-order valence-electron chi connectivity index (χ1n) is 5.01. The Morgan fingerprint density at radius 1 is 1.46 bits per heavy atom. The Bertz CT molecular complexity index is 151. The fourth-order valence-electron chi connectivity index (χ4n) is 1.65. The molecule has 1 fully saturated rings. The number of ether oxygens (including phenoxy) is 1. The Hall–Kier alpha value is -0.120. The summed E-state index contributed by atoms with van der Waals surface area (Å²) >= 11 is 0. The van der Waals surface area contributed by atoms with Crippen LogP contribution in [0.3, 0.4) is 0 Å². The lowest BCUT2D eigenvalue weighted by molar-refractivity contribution is -0.0652. The summed E-state index contributed by atoms with van der Waals surface area (Å²) in [6.07, 6.45) is 0.977. The highest BCUT2D eigenvalue weighted by atomic mass is 16.5. The van der Waals surface area contributed by atoms with Gasteiger partial charge in [0, 0.05) is 25.2 Å². The van der Waals surface area contributed by atoms with Crippen molar-refractivity contribution in [1.82, 2.24) is 4.90 Å². The highest BCUT2D eigenvalue weighted by molar-refractivity contribution is 4.81. The minimum atomic E-state index is 0.220. The van der Waals surface area contributed by atoms with Gasteiger partial charge in [0.15, 0.2) is 0 Å².